The Kier molecular flexibility index (Phi) is 9.54. The Labute approximate surface area is 138 Å². The molecule has 2 aromatic carbocycles. The van der Waals surface area contributed by atoms with Crippen molar-refractivity contribution in [1.29, 1.82) is 5.26 Å². The summed E-state index contributed by atoms with van der Waals surface area (Å²) in [6.45, 7) is 9.98. The summed E-state index contributed by atoms with van der Waals surface area (Å²) in [5.74, 6) is 0. The minimum absolute atomic E-state index is 0.468. The van der Waals surface area contributed by atoms with E-state index < -0.39 is 0 Å². The molecule has 21 heavy (non-hydrogen) atoms. The number of hydrogen-bond acceptors (Lipinski definition) is 1. The number of rotatable bonds is 1. The number of aryl methyl sites for hydroxylation is 1. The van der Waals surface area contributed by atoms with Crippen molar-refractivity contribution in [3.8, 4) is 17.2 Å². The molecule has 0 aliphatic rings. The zero-order chi connectivity index (χ0) is 16.4. The second-order valence-electron chi connectivity index (χ2n) is 3.82. The molecule has 0 aliphatic carbocycles. The number of nitriles is 1. The van der Waals surface area contributed by atoms with Crippen LogP contribution in [0.15, 0.2) is 36.4 Å². The molecule has 1 nitrogen and oxygen atoms in total. The maximum atomic E-state index is 8.94. The van der Waals surface area contributed by atoms with Gasteiger partial charge >= 0.3 is 0 Å². The van der Waals surface area contributed by atoms with Crippen molar-refractivity contribution in [3.63, 3.8) is 0 Å². The van der Waals surface area contributed by atoms with E-state index in [0.29, 0.717) is 15.6 Å². The second kappa shape index (κ2) is 10.3. The first-order chi connectivity index (χ1) is 10.1. The van der Waals surface area contributed by atoms with E-state index in [-0.39, 0.29) is 0 Å². The van der Waals surface area contributed by atoms with Gasteiger partial charge in [-0.2, -0.15) is 5.26 Å². The molecule has 0 heterocycles. The van der Waals surface area contributed by atoms with E-state index in [1.165, 1.54) is 0 Å². The summed E-state index contributed by atoms with van der Waals surface area (Å²) in [6.07, 6.45) is 0. The molecule has 2 rings (SSSR count). The highest BCUT2D eigenvalue weighted by molar-refractivity contribution is 6.32. The van der Waals surface area contributed by atoms with Gasteiger partial charge in [0, 0.05) is 5.02 Å². The quantitative estimate of drug-likeness (QED) is 0.560. The molecule has 0 spiro atoms. The van der Waals surface area contributed by atoms with Gasteiger partial charge in [0.25, 0.3) is 0 Å². The molecular formula is C18H21Cl2N. The van der Waals surface area contributed by atoms with Gasteiger partial charge in [-0.25, -0.2) is 0 Å². The summed E-state index contributed by atoms with van der Waals surface area (Å²) in [5.41, 5.74) is 3.49. The lowest BCUT2D eigenvalue weighted by atomic mass is 10.0. The number of nitrogens with zero attached hydrogens (tertiary/aromatic N) is 1. The molecule has 0 atom stereocenters. The fourth-order valence-electron chi connectivity index (χ4n) is 1.69. The van der Waals surface area contributed by atoms with Gasteiger partial charge in [-0.1, -0.05) is 63.0 Å². The first kappa shape index (κ1) is 19.5. The summed E-state index contributed by atoms with van der Waals surface area (Å²) in [5, 5.41) is 10.1. The lowest BCUT2D eigenvalue weighted by Crippen LogP contribution is -1.83. The maximum absolute atomic E-state index is 8.94. The lowest BCUT2D eigenvalue weighted by molar-refractivity contribution is 1.45. The molecule has 0 fully saturated rings. The van der Waals surface area contributed by atoms with Crippen molar-refractivity contribution in [1.82, 2.24) is 0 Å². The highest BCUT2D eigenvalue weighted by atomic mass is 35.5. The standard InChI is InChI=1S/C14H9Cl2N.2C2H6/c1-9-4-11(7-13(15)5-9)10-2-3-14(16)12(6-10)8-17;2*1-2/h2-7H,1H3;2*1-2H3. The van der Waals surface area contributed by atoms with Gasteiger partial charge in [0.2, 0.25) is 0 Å². The monoisotopic (exact) mass is 321 g/mol. The van der Waals surface area contributed by atoms with Crippen molar-refractivity contribution >= 4 is 23.2 Å². The zero-order valence-electron chi connectivity index (χ0n) is 13.2. The van der Waals surface area contributed by atoms with Gasteiger partial charge < -0.3 is 0 Å². The van der Waals surface area contributed by atoms with E-state index in [1.54, 1.807) is 12.1 Å². The molecule has 0 radical (unpaired) electrons. The van der Waals surface area contributed by atoms with Crippen LogP contribution in [0.5, 0.6) is 0 Å². The summed E-state index contributed by atoms with van der Waals surface area (Å²) >= 11 is 11.9. The summed E-state index contributed by atoms with van der Waals surface area (Å²) < 4.78 is 0. The second-order valence-corrected chi connectivity index (χ2v) is 4.67. The minimum atomic E-state index is 0.468. The van der Waals surface area contributed by atoms with E-state index in [2.05, 4.69) is 6.07 Å². The Hall–Kier alpha value is -1.49. The molecule has 0 N–H and O–H groups in total. The van der Waals surface area contributed by atoms with Gasteiger partial charge in [-0.05, 0) is 47.9 Å². The Balaban J connectivity index is 0.000000921. The minimum Gasteiger partial charge on any atom is -0.192 e. The summed E-state index contributed by atoms with van der Waals surface area (Å²) in [7, 11) is 0. The first-order valence-corrected chi connectivity index (χ1v) is 7.83. The fourth-order valence-corrected chi connectivity index (χ4v) is 2.14. The van der Waals surface area contributed by atoms with Crippen molar-refractivity contribution in [3.05, 3.63) is 57.6 Å². The Bertz CT molecular complexity index is 593. The van der Waals surface area contributed by atoms with Crippen LogP contribution < -0.4 is 0 Å². The Morgan fingerprint density at radius 1 is 0.857 bits per heavy atom. The van der Waals surface area contributed by atoms with E-state index in [9.17, 15) is 0 Å². The van der Waals surface area contributed by atoms with Gasteiger partial charge in [0.1, 0.15) is 6.07 Å². The zero-order valence-corrected chi connectivity index (χ0v) is 14.7. The first-order valence-electron chi connectivity index (χ1n) is 7.07. The average molecular weight is 322 g/mol. The van der Waals surface area contributed by atoms with Crippen LogP contribution in [0, 0.1) is 18.3 Å². The molecule has 0 bridgehead atoms. The highest BCUT2D eigenvalue weighted by Crippen LogP contribution is 2.27. The van der Waals surface area contributed by atoms with Crippen LogP contribution in [0.3, 0.4) is 0 Å². The third-order valence-corrected chi connectivity index (χ3v) is 3.01. The maximum Gasteiger partial charge on any atom is 0.101 e. The Morgan fingerprint density at radius 3 is 2.00 bits per heavy atom. The SMILES string of the molecule is CC.CC.Cc1cc(Cl)cc(-c2ccc(Cl)c(C#N)c2)c1. The summed E-state index contributed by atoms with van der Waals surface area (Å²) in [6, 6.07) is 13.2. The van der Waals surface area contributed by atoms with Crippen LogP contribution >= 0.6 is 23.2 Å². The molecule has 0 amide bonds. The summed E-state index contributed by atoms with van der Waals surface area (Å²) in [4.78, 5) is 0. The van der Waals surface area contributed by atoms with Crippen molar-refractivity contribution in [2.24, 2.45) is 0 Å². The molecule has 3 heteroatoms. The van der Waals surface area contributed by atoms with Crippen LogP contribution in [0.4, 0.5) is 0 Å². The van der Waals surface area contributed by atoms with Crippen LogP contribution in [-0.4, -0.2) is 0 Å². The molecule has 0 saturated heterocycles. The number of halogens is 2. The van der Waals surface area contributed by atoms with Crippen LogP contribution in [-0.2, 0) is 0 Å². The predicted molar refractivity (Wildman–Crippen MR) is 94.0 cm³/mol. The topological polar surface area (TPSA) is 23.8 Å². The van der Waals surface area contributed by atoms with E-state index in [0.717, 1.165) is 16.7 Å². The van der Waals surface area contributed by atoms with Crippen molar-refractivity contribution in [2.45, 2.75) is 34.6 Å². The number of benzene rings is 2. The molecule has 0 aliphatic heterocycles. The number of hydrogen-bond donors (Lipinski definition) is 0. The lowest BCUT2D eigenvalue weighted by Gasteiger charge is -2.05. The molecule has 112 valence electrons. The van der Waals surface area contributed by atoms with Crippen LogP contribution in [0.1, 0.15) is 38.8 Å². The van der Waals surface area contributed by atoms with Gasteiger partial charge in [-0.3, -0.25) is 0 Å². The van der Waals surface area contributed by atoms with E-state index in [4.69, 9.17) is 28.5 Å². The normalized spacial score (nSPS) is 8.67. The molecule has 0 saturated carbocycles. The highest BCUT2D eigenvalue weighted by Gasteiger charge is 2.04. The predicted octanol–water partition coefficient (Wildman–Crippen LogP) is 6.89. The van der Waals surface area contributed by atoms with E-state index >= 15 is 0 Å². The molecule has 0 unspecified atom stereocenters. The van der Waals surface area contributed by atoms with Gasteiger partial charge in [0.05, 0.1) is 10.6 Å². The van der Waals surface area contributed by atoms with Crippen molar-refractivity contribution < 1.29 is 0 Å². The molecular weight excluding hydrogens is 301 g/mol. The average Bonchev–Trinajstić information content (AvgIpc) is 2.51. The molecule has 0 aromatic heterocycles. The van der Waals surface area contributed by atoms with Crippen LogP contribution in [0.25, 0.3) is 11.1 Å². The largest absolute Gasteiger partial charge is 0.192 e. The fraction of sp³-hybridized carbons (Fsp3) is 0.278. The van der Waals surface area contributed by atoms with E-state index in [1.807, 2.05) is 58.9 Å². The third-order valence-electron chi connectivity index (χ3n) is 2.46. The van der Waals surface area contributed by atoms with Gasteiger partial charge in [0.15, 0.2) is 0 Å². The van der Waals surface area contributed by atoms with Crippen molar-refractivity contribution in [2.75, 3.05) is 0 Å². The molecule has 2 aromatic rings. The van der Waals surface area contributed by atoms with Gasteiger partial charge in [-0.15, -0.1) is 0 Å². The smallest absolute Gasteiger partial charge is 0.101 e. The Morgan fingerprint density at radius 2 is 1.48 bits per heavy atom. The van der Waals surface area contributed by atoms with Crippen LogP contribution in [0.2, 0.25) is 10.0 Å². The third kappa shape index (κ3) is 5.79.